The number of likely N-dealkylation sites (tertiary alicyclic amines) is 1. The van der Waals surface area contributed by atoms with Gasteiger partial charge in [0.2, 0.25) is 0 Å². The van der Waals surface area contributed by atoms with Crippen molar-refractivity contribution in [2.24, 2.45) is 0 Å². The highest BCUT2D eigenvalue weighted by molar-refractivity contribution is 5.93. The highest BCUT2D eigenvalue weighted by atomic mass is 16.5. The summed E-state index contributed by atoms with van der Waals surface area (Å²) in [4.78, 5) is 22.8. The van der Waals surface area contributed by atoms with Crippen LogP contribution in [0.1, 0.15) is 23.2 Å². The lowest BCUT2D eigenvalue weighted by molar-refractivity contribution is 0.0578. The molecule has 3 heterocycles. The number of benzene rings is 1. The van der Waals surface area contributed by atoms with Crippen LogP contribution in [0.25, 0.3) is 5.69 Å². The van der Waals surface area contributed by atoms with E-state index in [0.29, 0.717) is 30.4 Å². The molecule has 2 aromatic heterocycles. The van der Waals surface area contributed by atoms with Crippen molar-refractivity contribution in [3.05, 3.63) is 60.7 Å². The molecule has 0 atom stereocenters. The van der Waals surface area contributed by atoms with Gasteiger partial charge in [-0.25, -0.2) is 14.6 Å². The summed E-state index contributed by atoms with van der Waals surface area (Å²) in [5, 5.41) is 4.33. The Kier molecular flexibility index (Phi) is 5.18. The van der Waals surface area contributed by atoms with Crippen LogP contribution in [0, 0.1) is 0 Å². The molecular weight excluding hydrogens is 358 g/mol. The Hall–Kier alpha value is -3.42. The first-order chi connectivity index (χ1) is 13.7. The number of hydrogen-bond donors (Lipinski definition) is 0. The summed E-state index contributed by atoms with van der Waals surface area (Å²) in [5.74, 6) is 0.668. The van der Waals surface area contributed by atoms with Crippen LogP contribution in [0.2, 0.25) is 0 Å². The fraction of sp³-hybridized carbons (Fsp3) is 0.300. The number of piperidine rings is 1. The van der Waals surface area contributed by atoms with Crippen molar-refractivity contribution in [3.63, 3.8) is 0 Å². The van der Waals surface area contributed by atoms with Crippen molar-refractivity contribution in [1.29, 1.82) is 0 Å². The van der Waals surface area contributed by atoms with E-state index in [2.05, 4.69) is 15.1 Å². The minimum atomic E-state index is -0.0319. The maximum atomic E-state index is 12.8. The monoisotopic (exact) mass is 379 g/mol. The van der Waals surface area contributed by atoms with E-state index in [0.717, 1.165) is 18.5 Å². The summed E-state index contributed by atoms with van der Waals surface area (Å²) in [7, 11) is 1.61. The second kappa shape index (κ2) is 8.08. The summed E-state index contributed by atoms with van der Waals surface area (Å²) in [6.45, 7) is 1.24. The van der Waals surface area contributed by atoms with Crippen LogP contribution < -0.4 is 9.47 Å². The Morgan fingerprint density at radius 2 is 1.86 bits per heavy atom. The van der Waals surface area contributed by atoms with Gasteiger partial charge in [0.15, 0.2) is 0 Å². The van der Waals surface area contributed by atoms with Gasteiger partial charge in [-0.15, -0.1) is 0 Å². The van der Waals surface area contributed by atoms with E-state index in [1.807, 2.05) is 29.2 Å². The fourth-order valence-electron chi connectivity index (χ4n) is 3.24. The molecular formula is C20H21N5O3. The first kappa shape index (κ1) is 18.0. The molecule has 28 heavy (non-hydrogen) atoms. The average Bonchev–Trinajstić information content (AvgIpc) is 3.24. The van der Waals surface area contributed by atoms with Crippen molar-refractivity contribution >= 4 is 5.91 Å². The number of para-hydroxylation sites is 2. The first-order valence-electron chi connectivity index (χ1n) is 9.15. The Morgan fingerprint density at radius 3 is 2.61 bits per heavy atom. The van der Waals surface area contributed by atoms with E-state index < -0.39 is 0 Å². The molecule has 8 heteroatoms. The number of nitrogens with zero attached hydrogens (tertiary/aromatic N) is 5. The maximum Gasteiger partial charge on any atom is 0.316 e. The highest BCUT2D eigenvalue weighted by Gasteiger charge is 2.26. The van der Waals surface area contributed by atoms with E-state index >= 15 is 0 Å². The number of ether oxygens (including phenoxy) is 2. The van der Waals surface area contributed by atoms with Crippen molar-refractivity contribution in [3.8, 4) is 17.4 Å². The van der Waals surface area contributed by atoms with E-state index in [1.54, 1.807) is 42.6 Å². The SMILES string of the molecule is COc1ccccc1-n1cc(C(=O)N2CCC(Oc3ncccn3)CC2)cn1. The maximum absolute atomic E-state index is 12.8. The van der Waals surface area contributed by atoms with E-state index in [9.17, 15) is 4.79 Å². The predicted octanol–water partition coefficient (Wildman–Crippen LogP) is 2.35. The Bertz CT molecular complexity index is 936. The van der Waals surface area contributed by atoms with E-state index in [1.165, 1.54) is 0 Å². The molecule has 0 radical (unpaired) electrons. The van der Waals surface area contributed by atoms with Crippen LogP contribution in [-0.2, 0) is 0 Å². The minimum Gasteiger partial charge on any atom is -0.494 e. The third-order valence-electron chi connectivity index (χ3n) is 4.70. The van der Waals surface area contributed by atoms with Crippen LogP contribution in [0.4, 0.5) is 0 Å². The molecule has 0 saturated carbocycles. The zero-order valence-corrected chi connectivity index (χ0v) is 15.6. The molecule has 1 aliphatic heterocycles. The quantitative estimate of drug-likeness (QED) is 0.677. The van der Waals surface area contributed by atoms with Crippen molar-refractivity contribution in [1.82, 2.24) is 24.6 Å². The lowest BCUT2D eigenvalue weighted by Crippen LogP contribution is -2.41. The molecule has 0 N–H and O–H groups in total. The number of carbonyl (C=O) groups is 1. The summed E-state index contributed by atoms with van der Waals surface area (Å²) in [6.07, 6.45) is 8.13. The predicted molar refractivity (Wildman–Crippen MR) is 102 cm³/mol. The zero-order chi connectivity index (χ0) is 19.3. The van der Waals surface area contributed by atoms with Crippen LogP contribution in [0.5, 0.6) is 11.8 Å². The molecule has 144 valence electrons. The van der Waals surface area contributed by atoms with Crippen molar-refractivity contribution in [2.45, 2.75) is 18.9 Å². The van der Waals surface area contributed by atoms with Gasteiger partial charge in [-0.1, -0.05) is 12.1 Å². The Morgan fingerprint density at radius 1 is 1.11 bits per heavy atom. The molecule has 1 aromatic carbocycles. The number of carbonyl (C=O) groups excluding carboxylic acids is 1. The second-order valence-electron chi connectivity index (χ2n) is 6.49. The normalized spacial score (nSPS) is 14.7. The van der Waals surface area contributed by atoms with Gasteiger partial charge in [-0.2, -0.15) is 5.10 Å². The number of methoxy groups -OCH3 is 1. The Balaban J connectivity index is 1.39. The third-order valence-corrected chi connectivity index (χ3v) is 4.70. The Labute approximate surface area is 162 Å². The average molecular weight is 379 g/mol. The van der Waals surface area contributed by atoms with Gasteiger partial charge in [0.05, 0.1) is 18.9 Å². The number of aromatic nitrogens is 4. The van der Waals surface area contributed by atoms with Gasteiger partial charge in [-0.3, -0.25) is 4.79 Å². The first-order valence-corrected chi connectivity index (χ1v) is 9.15. The summed E-state index contributed by atoms with van der Waals surface area (Å²) < 4.78 is 12.8. The lowest BCUT2D eigenvalue weighted by atomic mass is 10.1. The number of amides is 1. The smallest absolute Gasteiger partial charge is 0.316 e. The zero-order valence-electron chi connectivity index (χ0n) is 15.6. The second-order valence-corrected chi connectivity index (χ2v) is 6.49. The van der Waals surface area contributed by atoms with Gasteiger partial charge >= 0.3 is 6.01 Å². The standard InChI is InChI=1S/C20H21N5O3/c1-27-18-6-3-2-5-17(18)25-14-15(13-23-25)19(26)24-11-7-16(8-12-24)28-20-21-9-4-10-22-20/h2-6,9-10,13-14,16H,7-8,11-12H2,1H3. The van der Waals surface area contributed by atoms with Gasteiger partial charge in [-0.05, 0) is 18.2 Å². The topological polar surface area (TPSA) is 82.4 Å². The van der Waals surface area contributed by atoms with E-state index in [4.69, 9.17) is 9.47 Å². The van der Waals surface area contributed by atoms with Crippen LogP contribution in [0.15, 0.2) is 55.1 Å². The lowest BCUT2D eigenvalue weighted by Gasteiger charge is -2.31. The summed E-state index contributed by atoms with van der Waals surface area (Å²) in [5.41, 5.74) is 1.34. The molecule has 1 aliphatic rings. The minimum absolute atomic E-state index is 0.0164. The van der Waals surface area contributed by atoms with Gasteiger partial charge in [0.25, 0.3) is 5.91 Å². The molecule has 1 saturated heterocycles. The molecule has 0 aliphatic carbocycles. The van der Waals surface area contributed by atoms with Crippen LogP contribution in [0.3, 0.4) is 0 Å². The summed E-state index contributed by atoms with van der Waals surface area (Å²) >= 11 is 0. The molecule has 0 spiro atoms. The van der Waals surface area contributed by atoms with Crippen molar-refractivity contribution in [2.75, 3.05) is 20.2 Å². The largest absolute Gasteiger partial charge is 0.494 e. The molecule has 4 rings (SSSR count). The van der Waals surface area contributed by atoms with Crippen LogP contribution in [-0.4, -0.2) is 56.9 Å². The molecule has 1 amide bonds. The van der Waals surface area contributed by atoms with Gasteiger partial charge < -0.3 is 14.4 Å². The molecule has 3 aromatic rings. The third kappa shape index (κ3) is 3.80. The van der Waals surface area contributed by atoms with Crippen molar-refractivity contribution < 1.29 is 14.3 Å². The number of rotatable bonds is 5. The molecule has 0 bridgehead atoms. The molecule has 0 unspecified atom stereocenters. The molecule has 1 fully saturated rings. The van der Waals surface area contributed by atoms with Gasteiger partial charge in [0, 0.05) is 44.5 Å². The van der Waals surface area contributed by atoms with E-state index in [-0.39, 0.29) is 12.0 Å². The number of hydrogen-bond acceptors (Lipinski definition) is 6. The molecule has 8 nitrogen and oxygen atoms in total. The highest BCUT2D eigenvalue weighted by Crippen LogP contribution is 2.22. The fourth-order valence-corrected chi connectivity index (χ4v) is 3.24. The van der Waals surface area contributed by atoms with Gasteiger partial charge in [0.1, 0.15) is 17.5 Å². The summed E-state index contributed by atoms with van der Waals surface area (Å²) in [6, 6.07) is 9.69. The van der Waals surface area contributed by atoms with Crippen LogP contribution >= 0.6 is 0 Å².